The first-order valence-corrected chi connectivity index (χ1v) is 5.74. The van der Waals surface area contributed by atoms with Gasteiger partial charge in [-0.1, -0.05) is 11.6 Å². The fourth-order valence-electron chi connectivity index (χ4n) is 1.87. The van der Waals surface area contributed by atoms with Crippen LogP contribution in [0, 0.1) is 5.82 Å². The summed E-state index contributed by atoms with van der Waals surface area (Å²) in [6.07, 6.45) is 10.8. The molecule has 3 nitrogen and oxygen atoms in total. The Hall–Kier alpha value is -1.45. The second kappa shape index (κ2) is 5.58. The molecule has 0 fully saturated rings. The Morgan fingerprint density at radius 2 is 2.06 bits per heavy atom. The normalized spacial score (nSPS) is 15.7. The molecule has 86 valence electrons. The molecule has 1 aromatic rings. The van der Waals surface area contributed by atoms with Crippen molar-refractivity contribution in [2.24, 2.45) is 0 Å². The summed E-state index contributed by atoms with van der Waals surface area (Å²) in [5, 5.41) is 3.09. The highest BCUT2D eigenvalue weighted by molar-refractivity contribution is 5.23. The van der Waals surface area contributed by atoms with Gasteiger partial charge in [0.05, 0.1) is 12.4 Å². The van der Waals surface area contributed by atoms with Crippen LogP contribution in [0.15, 0.2) is 24.0 Å². The second-order valence-corrected chi connectivity index (χ2v) is 4.01. The summed E-state index contributed by atoms with van der Waals surface area (Å²) in [6.45, 7) is 0.817. The summed E-state index contributed by atoms with van der Waals surface area (Å²) in [5.74, 6) is 0.0957. The van der Waals surface area contributed by atoms with Crippen LogP contribution in [0.25, 0.3) is 0 Å². The minimum Gasteiger partial charge on any atom is -0.354 e. The monoisotopic (exact) mass is 221 g/mol. The zero-order valence-corrected chi connectivity index (χ0v) is 9.25. The Morgan fingerprint density at radius 1 is 1.25 bits per heavy atom. The van der Waals surface area contributed by atoms with E-state index in [2.05, 4.69) is 21.4 Å². The van der Waals surface area contributed by atoms with Crippen molar-refractivity contribution in [3.05, 3.63) is 29.9 Å². The fraction of sp³-hybridized carbons (Fsp3) is 0.500. The van der Waals surface area contributed by atoms with Crippen molar-refractivity contribution in [3.63, 3.8) is 0 Å². The number of halogens is 1. The highest BCUT2D eigenvalue weighted by atomic mass is 19.1. The molecule has 2 rings (SSSR count). The molecule has 0 radical (unpaired) electrons. The smallest absolute Gasteiger partial charge is 0.222 e. The first kappa shape index (κ1) is 11.0. The van der Waals surface area contributed by atoms with E-state index in [0.717, 1.165) is 13.0 Å². The first-order valence-electron chi connectivity index (χ1n) is 5.74. The Kier molecular flexibility index (Phi) is 3.86. The molecular formula is C12H16FN3. The van der Waals surface area contributed by atoms with Crippen molar-refractivity contribution in [2.75, 3.05) is 11.9 Å². The molecule has 0 atom stereocenters. The van der Waals surface area contributed by atoms with Gasteiger partial charge in [-0.2, -0.15) is 0 Å². The summed E-state index contributed by atoms with van der Waals surface area (Å²) in [7, 11) is 0. The summed E-state index contributed by atoms with van der Waals surface area (Å²) in [5.41, 5.74) is 1.51. The SMILES string of the molecule is Fc1cnc(NCCC2=CCCCC2)nc1. The van der Waals surface area contributed by atoms with Crippen LogP contribution < -0.4 is 5.32 Å². The van der Waals surface area contributed by atoms with Crippen molar-refractivity contribution in [1.29, 1.82) is 0 Å². The third-order valence-electron chi connectivity index (χ3n) is 2.73. The molecule has 1 aliphatic carbocycles. The quantitative estimate of drug-likeness (QED) is 0.794. The molecule has 1 aromatic heterocycles. The second-order valence-electron chi connectivity index (χ2n) is 4.01. The minimum absolute atomic E-state index is 0.402. The molecule has 4 heteroatoms. The van der Waals surface area contributed by atoms with Gasteiger partial charge in [-0.15, -0.1) is 0 Å². The maximum atomic E-state index is 12.5. The summed E-state index contributed by atoms with van der Waals surface area (Å²) in [6, 6.07) is 0. The molecular weight excluding hydrogens is 205 g/mol. The number of aromatic nitrogens is 2. The van der Waals surface area contributed by atoms with E-state index in [1.807, 2.05) is 0 Å². The third kappa shape index (κ3) is 3.29. The lowest BCUT2D eigenvalue weighted by Crippen LogP contribution is -2.07. The van der Waals surface area contributed by atoms with Crippen LogP contribution in [0.1, 0.15) is 32.1 Å². The Balaban J connectivity index is 1.75. The molecule has 16 heavy (non-hydrogen) atoms. The number of hydrogen-bond acceptors (Lipinski definition) is 3. The highest BCUT2D eigenvalue weighted by Crippen LogP contribution is 2.19. The van der Waals surface area contributed by atoms with Crippen LogP contribution in [-0.4, -0.2) is 16.5 Å². The predicted octanol–water partition coefficient (Wildman–Crippen LogP) is 2.92. The van der Waals surface area contributed by atoms with E-state index in [4.69, 9.17) is 0 Å². The topological polar surface area (TPSA) is 37.8 Å². The van der Waals surface area contributed by atoms with Crippen LogP contribution >= 0.6 is 0 Å². The van der Waals surface area contributed by atoms with Crippen LogP contribution in [0.4, 0.5) is 10.3 Å². The standard InChI is InChI=1S/C12H16FN3/c13-11-8-15-12(16-9-11)14-7-6-10-4-2-1-3-5-10/h4,8-9H,1-3,5-7H2,(H,14,15,16). The predicted molar refractivity (Wildman–Crippen MR) is 61.6 cm³/mol. The average Bonchev–Trinajstić information content (AvgIpc) is 2.33. The molecule has 0 bridgehead atoms. The van der Waals surface area contributed by atoms with E-state index in [-0.39, 0.29) is 0 Å². The van der Waals surface area contributed by atoms with E-state index < -0.39 is 5.82 Å². The van der Waals surface area contributed by atoms with Crippen molar-refractivity contribution in [1.82, 2.24) is 9.97 Å². The van der Waals surface area contributed by atoms with Gasteiger partial charge in [0.1, 0.15) is 0 Å². The van der Waals surface area contributed by atoms with Crippen LogP contribution in [0.2, 0.25) is 0 Å². The molecule has 0 saturated heterocycles. The van der Waals surface area contributed by atoms with Gasteiger partial charge in [-0.05, 0) is 32.1 Å². The van der Waals surface area contributed by atoms with Gasteiger partial charge in [0.15, 0.2) is 5.82 Å². The molecule has 1 heterocycles. The average molecular weight is 221 g/mol. The van der Waals surface area contributed by atoms with Crippen molar-refractivity contribution in [3.8, 4) is 0 Å². The molecule has 0 aliphatic heterocycles. The first-order chi connectivity index (χ1) is 7.84. The van der Waals surface area contributed by atoms with Gasteiger partial charge >= 0.3 is 0 Å². The number of rotatable bonds is 4. The maximum absolute atomic E-state index is 12.5. The maximum Gasteiger partial charge on any atom is 0.222 e. The Morgan fingerprint density at radius 3 is 2.75 bits per heavy atom. The van der Waals surface area contributed by atoms with E-state index in [1.54, 1.807) is 0 Å². The van der Waals surface area contributed by atoms with Gasteiger partial charge in [0.2, 0.25) is 5.95 Å². The van der Waals surface area contributed by atoms with Crippen molar-refractivity contribution >= 4 is 5.95 Å². The number of anilines is 1. The molecule has 1 aliphatic rings. The summed E-state index contributed by atoms with van der Waals surface area (Å²) >= 11 is 0. The lowest BCUT2D eigenvalue weighted by Gasteiger charge is -2.12. The van der Waals surface area contributed by atoms with Gasteiger partial charge in [0, 0.05) is 6.54 Å². The van der Waals surface area contributed by atoms with Crippen LogP contribution in [-0.2, 0) is 0 Å². The molecule has 0 amide bonds. The Bertz CT molecular complexity index is 359. The molecule has 0 spiro atoms. The largest absolute Gasteiger partial charge is 0.354 e. The summed E-state index contributed by atoms with van der Waals surface area (Å²) < 4.78 is 12.5. The van der Waals surface area contributed by atoms with E-state index in [0.29, 0.717) is 5.95 Å². The van der Waals surface area contributed by atoms with Crippen molar-refractivity contribution in [2.45, 2.75) is 32.1 Å². The number of nitrogens with zero attached hydrogens (tertiary/aromatic N) is 2. The van der Waals surface area contributed by atoms with Gasteiger partial charge in [-0.3, -0.25) is 0 Å². The number of allylic oxidation sites excluding steroid dienone is 1. The van der Waals surface area contributed by atoms with Crippen LogP contribution in [0.3, 0.4) is 0 Å². The molecule has 1 N–H and O–H groups in total. The number of nitrogens with one attached hydrogen (secondary N) is 1. The lowest BCUT2D eigenvalue weighted by atomic mass is 9.97. The van der Waals surface area contributed by atoms with Crippen LogP contribution in [0.5, 0.6) is 0 Å². The zero-order valence-electron chi connectivity index (χ0n) is 9.25. The van der Waals surface area contributed by atoms with Gasteiger partial charge < -0.3 is 5.32 Å². The summed E-state index contributed by atoms with van der Waals surface area (Å²) in [4.78, 5) is 7.69. The lowest BCUT2D eigenvalue weighted by molar-refractivity contribution is 0.614. The molecule has 0 saturated carbocycles. The van der Waals surface area contributed by atoms with E-state index in [9.17, 15) is 4.39 Å². The van der Waals surface area contributed by atoms with Gasteiger partial charge in [0.25, 0.3) is 0 Å². The van der Waals surface area contributed by atoms with Gasteiger partial charge in [-0.25, -0.2) is 14.4 Å². The molecule has 0 aromatic carbocycles. The van der Waals surface area contributed by atoms with Crippen molar-refractivity contribution < 1.29 is 4.39 Å². The Labute approximate surface area is 94.8 Å². The third-order valence-corrected chi connectivity index (χ3v) is 2.73. The fourth-order valence-corrected chi connectivity index (χ4v) is 1.87. The molecule has 0 unspecified atom stereocenters. The number of hydrogen-bond donors (Lipinski definition) is 1. The zero-order chi connectivity index (χ0) is 11.2. The highest BCUT2D eigenvalue weighted by Gasteiger charge is 2.03. The van der Waals surface area contributed by atoms with E-state index in [1.165, 1.54) is 43.7 Å². The van der Waals surface area contributed by atoms with E-state index >= 15 is 0 Å². The minimum atomic E-state index is -0.402.